The number of nitrogens with zero attached hydrogens (tertiary/aromatic N) is 1. The van der Waals surface area contributed by atoms with E-state index in [0.29, 0.717) is 13.0 Å². The van der Waals surface area contributed by atoms with Gasteiger partial charge in [0, 0.05) is 26.1 Å². The van der Waals surface area contributed by atoms with Crippen molar-refractivity contribution in [2.75, 3.05) is 13.6 Å². The van der Waals surface area contributed by atoms with Gasteiger partial charge in [0.05, 0.1) is 5.76 Å². The van der Waals surface area contributed by atoms with Crippen molar-refractivity contribution in [2.24, 2.45) is 0 Å². The molecule has 1 rings (SSSR count). The number of rotatable bonds is 0. The highest BCUT2D eigenvalue weighted by atomic mass is 16.3. The van der Waals surface area contributed by atoms with Gasteiger partial charge in [-0.15, -0.1) is 0 Å². The molecule has 0 fully saturated rings. The van der Waals surface area contributed by atoms with Crippen LogP contribution < -0.4 is 0 Å². The third kappa shape index (κ3) is 1.22. The van der Waals surface area contributed by atoms with Gasteiger partial charge in [-0.05, 0) is 0 Å². The Hall–Kier alpha value is -0.990. The molecule has 1 N–H and O–H groups in total. The third-order valence-electron chi connectivity index (χ3n) is 1.37. The highest BCUT2D eigenvalue weighted by Gasteiger charge is 2.12. The maximum atomic E-state index is 10.7. The predicted molar refractivity (Wildman–Crippen MR) is 33.0 cm³/mol. The van der Waals surface area contributed by atoms with Crippen molar-refractivity contribution in [3.05, 3.63) is 11.8 Å². The molecule has 0 spiro atoms. The molecular weight excluding hydrogens is 118 g/mol. The Bertz CT molecular complexity index is 162. The molecule has 0 bridgehead atoms. The van der Waals surface area contributed by atoms with E-state index in [4.69, 9.17) is 5.11 Å². The summed E-state index contributed by atoms with van der Waals surface area (Å²) in [7, 11) is 1.71. The number of aliphatic hydroxyl groups is 1. The topological polar surface area (TPSA) is 40.5 Å². The van der Waals surface area contributed by atoms with Crippen LogP contribution in [0.1, 0.15) is 6.42 Å². The molecule has 0 unspecified atom stereocenters. The van der Waals surface area contributed by atoms with E-state index < -0.39 is 0 Å². The minimum atomic E-state index is -0.112. The zero-order chi connectivity index (χ0) is 6.85. The minimum Gasteiger partial charge on any atom is -0.512 e. The molecule has 0 aromatic carbocycles. The minimum absolute atomic E-state index is 0.112. The van der Waals surface area contributed by atoms with Gasteiger partial charge in [0.2, 0.25) is 5.91 Å². The van der Waals surface area contributed by atoms with Gasteiger partial charge < -0.3 is 10.0 Å². The van der Waals surface area contributed by atoms with Gasteiger partial charge in [0.25, 0.3) is 0 Å². The van der Waals surface area contributed by atoms with Crippen LogP contribution in [0.5, 0.6) is 0 Å². The number of carbonyl (C=O) groups excluding carboxylic acids is 1. The standard InChI is InChI=1S/C6H9NO2/c1-7-3-2-5(8)4-6(7)9/h4,8H,2-3H2,1H3. The number of hydrogen-bond acceptors (Lipinski definition) is 2. The predicted octanol–water partition coefficient (Wildman–Crippen LogP) is 0.290. The first-order valence-corrected chi connectivity index (χ1v) is 2.85. The molecule has 3 heteroatoms. The zero-order valence-corrected chi connectivity index (χ0v) is 5.29. The van der Waals surface area contributed by atoms with Crippen LogP contribution in [0.15, 0.2) is 11.8 Å². The van der Waals surface area contributed by atoms with Crippen molar-refractivity contribution in [1.82, 2.24) is 4.90 Å². The smallest absolute Gasteiger partial charge is 0.249 e. The summed E-state index contributed by atoms with van der Waals surface area (Å²) in [5, 5.41) is 8.81. The van der Waals surface area contributed by atoms with Crippen LogP contribution in [0.25, 0.3) is 0 Å². The highest BCUT2D eigenvalue weighted by Crippen LogP contribution is 2.05. The quantitative estimate of drug-likeness (QED) is 0.508. The van der Waals surface area contributed by atoms with Gasteiger partial charge in [-0.3, -0.25) is 4.79 Å². The Morgan fingerprint density at radius 1 is 1.78 bits per heavy atom. The second-order valence-corrected chi connectivity index (χ2v) is 2.15. The Labute approximate surface area is 53.6 Å². The largest absolute Gasteiger partial charge is 0.512 e. The molecule has 0 atom stereocenters. The lowest BCUT2D eigenvalue weighted by Crippen LogP contribution is -2.29. The summed E-state index contributed by atoms with van der Waals surface area (Å²) in [6.07, 6.45) is 1.84. The fourth-order valence-electron chi connectivity index (χ4n) is 0.717. The molecular formula is C6H9NO2. The summed E-state index contributed by atoms with van der Waals surface area (Å²) in [4.78, 5) is 12.3. The Balaban J connectivity index is 2.70. The average molecular weight is 127 g/mol. The molecule has 3 nitrogen and oxygen atoms in total. The first-order chi connectivity index (χ1) is 4.20. The van der Waals surface area contributed by atoms with Crippen molar-refractivity contribution in [1.29, 1.82) is 0 Å². The third-order valence-corrected chi connectivity index (χ3v) is 1.37. The van der Waals surface area contributed by atoms with Crippen LogP contribution in [0.4, 0.5) is 0 Å². The molecule has 1 aliphatic heterocycles. The molecule has 0 aliphatic carbocycles. The van der Waals surface area contributed by atoms with Gasteiger partial charge >= 0.3 is 0 Å². The normalized spacial score (nSPS) is 19.9. The van der Waals surface area contributed by atoms with Crippen molar-refractivity contribution in [3.8, 4) is 0 Å². The molecule has 0 saturated heterocycles. The lowest BCUT2D eigenvalue weighted by atomic mass is 10.2. The lowest BCUT2D eigenvalue weighted by molar-refractivity contribution is -0.125. The maximum absolute atomic E-state index is 10.7. The molecule has 0 radical (unpaired) electrons. The van der Waals surface area contributed by atoms with Crippen LogP contribution in [0, 0.1) is 0 Å². The zero-order valence-electron chi connectivity index (χ0n) is 5.29. The van der Waals surface area contributed by atoms with Gasteiger partial charge in [-0.2, -0.15) is 0 Å². The monoisotopic (exact) mass is 127 g/mol. The molecule has 50 valence electrons. The highest BCUT2D eigenvalue weighted by molar-refractivity contribution is 5.88. The van der Waals surface area contributed by atoms with E-state index in [-0.39, 0.29) is 11.7 Å². The van der Waals surface area contributed by atoms with Crippen molar-refractivity contribution in [2.45, 2.75) is 6.42 Å². The summed E-state index contributed by atoms with van der Waals surface area (Å²) in [6.45, 7) is 0.626. The Kier molecular flexibility index (Phi) is 1.42. The molecule has 9 heavy (non-hydrogen) atoms. The summed E-state index contributed by atoms with van der Waals surface area (Å²) in [5.41, 5.74) is 0. The first kappa shape index (κ1) is 6.13. The van der Waals surface area contributed by atoms with Crippen LogP contribution >= 0.6 is 0 Å². The van der Waals surface area contributed by atoms with E-state index in [1.807, 2.05) is 0 Å². The van der Waals surface area contributed by atoms with E-state index in [9.17, 15) is 4.79 Å². The van der Waals surface area contributed by atoms with Gasteiger partial charge in [-0.25, -0.2) is 0 Å². The Morgan fingerprint density at radius 3 is 2.89 bits per heavy atom. The summed E-state index contributed by atoms with van der Waals surface area (Å²) < 4.78 is 0. The summed E-state index contributed by atoms with van der Waals surface area (Å²) in [5.74, 6) is 0.0804. The Morgan fingerprint density at radius 2 is 2.44 bits per heavy atom. The number of carbonyl (C=O) groups is 1. The number of hydrogen-bond donors (Lipinski definition) is 1. The van der Waals surface area contributed by atoms with Crippen LogP contribution in [-0.2, 0) is 4.79 Å². The van der Waals surface area contributed by atoms with Crippen molar-refractivity contribution >= 4 is 5.91 Å². The molecule has 0 saturated carbocycles. The molecule has 0 aromatic heterocycles. The second kappa shape index (κ2) is 2.09. The molecule has 1 heterocycles. The van der Waals surface area contributed by atoms with Crippen molar-refractivity contribution in [3.63, 3.8) is 0 Å². The number of aliphatic hydroxyl groups excluding tert-OH is 1. The SMILES string of the molecule is CN1CCC(O)=CC1=O. The van der Waals surface area contributed by atoms with Crippen molar-refractivity contribution < 1.29 is 9.90 Å². The first-order valence-electron chi connectivity index (χ1n) is 2.85. The van der Waals surface area contributed by atoms with E-state index in [2.05, 4.69) is 0 Å². The molecule has 1 aliphatic rings. The van der Waals surface area contributed by atoms with Gasteiger partial charge in [0.15, 0.2) is 0 Å². The number of amides is 1. The maximum Gasteiger partial charge on any atom is 0.249 e. The number of likely N-dealkylation sites (N-methyl/N-ethyl adjacent to an activating group) is 1. The van der Waals surface area contributed by atoms with Gasteiger partial charge in [-0.1, -0.05) is 0 Å². The van der Waals surface area contributed by atoms with E-state index >= 15 is 0 Å². The van der Waals surface area contributed by atoms with Gasteiger partial charge in [0.1, 0.15) is 0 Å². The summed E-state index contributed by atoms with van der Waals surface area (Å²) >= 11 is 0. The van der Waals surface area contributed by atoms with Crippen LogP contribution in [0.2, 0.25) is 0 Å². The molecule has 1 amide bonds. The van der Waals surface area contributed by atoms with Crippen LogP contribution in [-0.4, -0.2) is 29.5 Å². The second-order valence-electron chi connectivity index (χ2n) is 2.15. The van der Waals surface area contributed by atoms with E-state index in [1.54, 1.807) is 11.9 Å². The fraction of sp³-hybridized carbons (Fsp3) is 0.500. The lowest BCUT2D eigenvalue weighted by Gasteiger charge is -2.18. The molecule has 0 aromatic rings. The average Bonchev–Trinajstić information content (AvgIpc) is 1.80. The summed E-state index contributed by atoms with van der Waals surface area (Å²) in [6, 6.07) is 0. The van der Waals surface area contributed by atoms with Crippen LogP contribution in [0.3, 0.4) is 0 Å². The van der Waals surface area contributed by atoms with E-state index in [1.165, 1.54) is 6.08 Å². The fourth-order valence-corrected chi connectivity index (χ4v) is 0.717. The van der Waals surface area contributed by atoms with E-state index in [0.717, 1.165) is 0 Å².